The van der Waals surface area contributed by atoms with E-state index in [1.807, 2.05) is 4.90 Å². The van der Waals surface area contributed by atoms with Gasteiger partial charge in [0.05, 0.1) is 11.8 Å². The summed E-state index contributed by atoms with van der Waals surface area (Å²) < 4.78 is 0. The summed E-state index contributed by atoms with van der Waals surface area (Å²) in [4.78, 5) is 18.2. The van der Waals surface area contributed by atoms with Gasteiger partial charge in [0.2, 0.25) is 0 Å². The molecule has 1 amide bonds. The molecule has 5 nitrogen and oxygen atoms in total. The van der Waals surface area contributed by atoms with Crippen molar-refractivity contribution in [2.45, 2.75) is 38.8 Å². The highest BCUT2D eigenvalue weighted by molar-refractivity contribution is 5.96. The fourth-order valence-corrected chi connectivity index (χ4v) is 2.47. The van der Waals surface area contributed by atoms with Crippen LogP contribution in [-0.4, -0.2) is 46.1 Å². The monoisotopic (exact) mass is 263 g/mol. The van der Waals surface area contributed by atoms with E-state index in [-0.39, 0.29) is 17.7 Å². The number of piperazine rings is 1. The molecule has 2 atom stereocenters. The van der Waals surface area contributed by atoms with E-state index >= 15 is 0 Å². The van der Waals surface area contributed by atoms with Crippen LogP contribution >= 0.6 is 0 Å². The molecule has 1 aromatic rings. The van der Waals surface area contributed by atoms with E-state index in [0.717, 1.165) is 19.4 Å². The minimum atomic E-state index is -0.105. The molecule has 0 saturated carbocycles. The summed E-state index contributed by atoms with van der Waals surface area (Å²) >= 11 is 0. The average molecular weight is 263 g/mol. The lowest BCUT2D eigenvalue weighted by Gasteiger charge is -2.40. The molecule has 104 valence electrons. The summed E-state index contributed by atoms with van der Waals surface area (Å²) in [5.41, 5.74) is 0.338. The van der Waals surface area contributed by atoms with Crippen molar-refractivity contribution in [1.82, 2.24) is 15.2 Å². The number of hydrogen-bond acceptors (Lipinski definition) is 4. The van der Waals surface area contributed by atoms with Crippen molar-refractivity contribution in [1.29, 1.82) is 0 Å². The first-order valence-corrected chi connectivity index (χ1v) is 6.84. The van der Waals surface area contributed by atoms with E-state index in [4.69, 9.17) is 0 Å². The number of aromatic hydroxyl groups is 1. The molecule has 1 fully saturated rings. The van der Waals surface area contributed by atoms with Crippen molar-refractivity contribution in [2.75, 3.05) is 13.1 Å². The molecular formula is C14H21N3O2. The molecule has 0 radical (unpaired) electrons. The maximum absolute atomic E-state index is 12.6. The predicted octanol–water partition coefficient (Wildman–Crippen LogP) is 1.39. The third kappa shape index (κ3) is 2.87. The van der Waals surface area contributed by atoms with Gasteiger partial charge in [0.1, 0.15) is 5.75 Å². The Bertz CT molecular complexity index is 450. The normalized spacial score (nSPS) is 23.4. The molecule has 2 N–H and O–H groups in total. The lowest BCUT2D eigenvalue weighted by molar-refractivity contribution is 0.0573. The lowest BCUT2D eigenvalue weighted by atomic mass is 10.0. The van der Waals surface area contributed by atoms with E-state index in [0.29, 0.717) is 18.2 Å². The van der Waals surface area contributed by atoms with E-state index in [2.05, 4.69) is 24.1 Å². The quantitative estimate of drug-likeness (QED) is 0.865. The highest BCUT2D eigenvalue weighted by Crippen LogP contribution is 2.21. The van der Waals surface area contributed by atoms with Crippen molar-refractivity contribution in [2.24, 2.45) is 0 Å². The van der Waals surface area contributed by atoms with E-state index in [9.17, 15) is 9.90 Å². The van der Waals surface area contributed by atoms with Crippen LogP contribution < -0.4 is 5.32 Å². The van der Waals surface area contributed by atoms with Crippen LogP contribution in [0.3, 0.4) is 0 Å². The number of pyridine rings is 1. The van der Waals surface area contributed by atoms with Crippen LogP contribution in [0, 0.1) is 0 Å². The molecule has 0 spiro atoms. The van der Waals surface area contributed by atoms with Gasteiger partial charge in [-0.2, -0.15) is 0 Å². The lowest BCUT2D eigenvalue weighted by Crippen LogP contribution is -2.57. The van der Waals surface area contributed by atoms with E-state index in [1.54, 1.807) is 6.07 Å². The number of hydrogen-bond donors (Lipinski definition) is 2. The Kier molecular flexibility index (Phi) is 4.37. The summed E-state index contributed by atoms with van der Waals surface area (Å²) in [6.45, 7) is 5.68. The summed E-state index contributed by atoms with van der Waals surface area (Å²) in [7, 11) is 0. The molecule has 1 aromatic heterocycles. The Morgan fingerprint density at radius 3 is 2.95 bits per heavy atom. The molecule has 5 heteroatoms. The standard InChI is InChI=1S/C14H21N3O2/c1-3-10-9-17(11(4-2)7-16-10)14(19)12-5-6-15-8-13(12)18/h5-6,8,10-11,16,18H,3-4,7,9H2,1-2H3. The van der Waals surface area contributed by atoms with Crippen LogP contribution in [0.25, 0.3) is 0 Å². The maximum Gasteiger partial charge on any atom is 0.258 e. The van der Waals surface area contributed by atoms with Gasteiger partial charge in [0, 0.05) is 31.4 Å². The van der Waals surface area contributed by atoms with Crippen LogP contribution in [0.2, 0.25) is 0 Å². The number of aromatic nitrogens is 1. The molecule has 0 aromatic carbocycles. The largest absolute Gasteiger partial charge is 0.505 e. The molecule has 2 rings (SSSR count). The molecular weight excluding hydrogens is 242 g/mol. The number of carbonyl (C=O) groups is 1. The molecule has 19 heavy (non-hydrogen) atoms. The van der Waals surface area contributed by atoms with Crippen molar-refractivity contribution < 1.29 is 9.90 Å². The number of nitrogens with zero attached hydrogens (tertiary/aromatic N) is 2. The van der Waals surface area contributed by atoms with Gasteiger partial charge in [-0.1, -0.05) is 13.8 Å². The van der Waals surface area contributed by atoms with Crippen LogP contribution in [-0.2, 0) is 0 Å². The van der Waals surface area contributed by atoms with Crippen molar-refractivity contribution in [3.63, 3.8) is 0 Å². The number of carbonyl (C=O) groups excluding carboxylic acids is 1. The van der Waals surface area contributed by atoms with Crippen molar-refractivity contribution >= 4 is 5.91 Å². The SMILES string of the molecule is CCC1CN(C(=O)c2ccncc2O)C(CC)CN1. The number of nitrogens with one attached hydrogen (secondary N) is 1. The summed E-state index contributed by atoms with van der Waals surface area (Å²) in [5, 5.41) is 13.2. The first kappa shape index (κ1) is 13.8. The highest BCUT2D eigenvalue weighted by Gasteiger charge is 2.31. The highest BCUT2D eigenvalue weighted by atomic mass is 16.3. The van der Waals surface area contributed by atoms with Crippen LogP contribution in [0.15, 0.2) is 18.5 Å². The minimum absolute atomic E-state index is 0.0473. The molecule has 2 heterocycles. The topological polar surface area (TPSA) is 65.5 Å². The average Bonchev–Trinajstić information content (AvgIpc) is 2.46. The third-order valence-electron chi connectivity index (χ3n) is 3.76. The van der Waals surface area contributed by atoms with Gasteiger partial charge in [0.25, 0.3) is 5.91 Å². The maximum atomic E-state index is 12.6. The van der Waals surface area contributed by atoms with Crippen LogP contribution in [0.4, 0.5) is 0 Å². The smallest absolute Gasteiger partial charge is 0.258 e. The molecule has 1 aliphatic rings. The Balaban J connectivity index is 2.22. The summed E-state index contributed by atoms with van der Waals surface area (Å²) in [6.07, 6.45) is 4.74. The molecule has 0 aliphatic carbocycles. The molecule has 1 saturated heterocycles. The van der Waals surface area contributed by atoms with Gasteiger partial charge < -0.3 is 15.3 Å². The fourth-order valence-electron chi connectivity index (χ4n) is 2.47. The van der Waals surface area contributed by atoms with Crippen molar-refractivity contribution in [3.05, 3.63) is 24.0 Å². The Morgan fingerprint density at radius 2 is 2.32 bits per heavy atom. The minimum Gasteiger partial charge on any atom is -0.505 e. The molecule has 2 unspecified atom stereocenters. The second-order valence-corrected chi connectivity index (χ2v) is 4.93. The Morgan fingerprint density at radius 1 is 1.53 bits per heavy atom. The fraction of sp³-hybridized carbons (Fsp3) is 0.571. The van der Waals surface area contributed by atoms with Gasteiger partial charge in [0.15, 0.2) is 0 Å². The van der Waals surface area contributed by atoms with Gasteiger partial charge in [-0.15, -0.1) is 0 Å². The van der Waals surface area contributed by atoms with Gasteiger partial charge in [-0.3, -0.25) is 9.78 Å². The zero-order valence-electron chi connectivity index (χ0n) is 11.5. The van der Waals surface area contributed by atoms with E-state index < -0.39 is 0 Å². The van der Waals surface area contributed by atoms with Gasteiger partial charge in [-0.25, -0.2) is 0 Å². The zero-order valence-corrected chi connectivity index (χ0v) is 11.5. The Labute approximate surface area is 113 Å². The summed E-state index contributed by atoms with van der Waals surface area (Å²) in [6, 6.07) is 2.09. The first-order chi connectivity index (χ1) is 9.17. The Hall–Kier alpha value is -1.62. The second-order valence-electron chi connectivity index (χ2n) is 4.93. The number of amides is 1. The van der Waals surface area contributed by atoms with E-state index in [1.165, 1.54) is 12.4 Å². The number of rotatable bonds is 3. The van der Waals surface area contributed by atoms with Crippen LogP contribution in [0.1, 0.15) is 37.0 Å². The third-order valence-corrected chi connectivity index (χ3v) is 3.76. The van der Waals surface area contributed by atoms with Gasteiger partial charge in [-0.05, 0) is 18.9 Å². The van der Waals surface area contributed by atoms with Gasteiger partial charge >= 0.3 is 0 Å². The van der Waals surface area contributed by atoms with Crippen molar-refractivity contribution in [3.8, 4) is 5.75 Å². The first-order valence-electron chi connectivity index (χ1n) is 6.84. The summed E-state index contributed by atoms with van der Waals surface area (Å²) in [5.74, 6) is -0.152. The van der Waals surface area contributed by atoms with Crippen LogP contribution in [0.5, 0.6) is 5.75 Å². The predicted molar refractivity (Wildman–Crippen MR) is 73.1 cm³/mol. The molecule has 0 bridgehead atoms. The second kappa shape index (κ2) is 6.02. The molecule has 1 aliphatic heterocycles. The zero-order chi connectivity index (χ0) is 13.8.